The summed E-state index contributed by atoms with van der Waals surface area (Å²) in [5.41, 5.74) is 4.59. The lowest BCUT2D eigenvalue weighted by molar-refractivity contribution is -0.0273. The molecule has 1 unspecified atom stereocenters. The fraction of sp³-hybridized carbons (Fsp3) is 0.625. The fourth-order valence-corrected chi connectivity index (χ4v) is 2.84. The number of hydrogen-bond acceptors (Lipinski definition) is 3. The van der Waals surface area contributed by atoms with E-state index in [2.05, 4.69) is 35.8 Å². The maximum atomic E-state index is 5.57. The molecule has 1 aliphatic rings. The van der Waals surface area contributed by atoms with E-state index in [1.165, 1.54) is 37.7 Å². The average Bonchev–Trinajstić information content (AvgIpc) is 2.49. The lowest BCUT2D eigenvalue weighted by Gasteiger charge is -2.31. The molecule has 0 saturated heterocycles. The maximum absolute atomic E-state index is 5.57. The summed E-state index contributed by atoms with van der Waals surface area (Å²) in [6, 6.07) is 10.9. The third-order valence-corrected chi connectivity index (χ3v) is 3.88. The SMILES string of the molecule is COCCONC(c1ccccc1)C1CCCCC1. The summed E-state index contributed by atoms with van der Waals surface area (Å²) >= 11 is 0. The van der Waals surface area contributed by atoms with E-state index >= 15 is 0 Å². The highest BCUT2D eigenvalue weighted by molar-refractivity contribution is 5.19. The summed E-state index contributed by atoms with van der Waals surface area (Å²) in [6.07, 6.45) is 6.64. The average molecular weight is 263 g/mol. The number of benzene rings is 1. The van der Waals surface area contributed by atoms with Gasteiger partial charge in [-0.1, -0.05) is 49.6 Å². The first kappa shape index (κ1) is 14.5. The molecule has 0 aromatic heterocycles. The van der Waals surface area contributed by atoms with Gasteiger partial charge < -0.3 is 4.74 Å². The van der Waals surface area contributed by atoms with Gasteiger partial charge in [0.05, 0.1) is 19.3 Å². The van der Waals surface area contributed by atoms with Crippen LogP contribution in [0, 0.1) is 5.92 Å². The standard InChI is InChI=1S/C16H25NO2/c1-18-12-13-19-17-16(14-8-4-2-5-9-14)15-10-6-3-7-11-15/h2,4-5,8-9,15-17H,3,6-7,10-13H2,1H3. The molecule has 0 amide bonds. The molecule has 0 heterocycles. The Labute approximate surface area is 116 Å². The minimum absolute atomic E-state index is 0.304. The highest BCUT2D eigenvalue weighted by Gasteiger charge is 2.25. The predicted octanol–water partition coefficient (Wildman–Crippen LogP) is 3.48. The van der Waals surface area contributed by atoms with Gasteiger partial charge in [-0.3, -0.25) is 4.84 Å². The van der Waals surface area contributed by atoms with Crippen molar-refractivity contribution >= 4 is 0 Å². The van der Waals surface area contributed by atoms with Crippen molar-refractivity contribution in [3.8, 4) is 0 Å². The summed E-state index contributed by atoms with van der Waals surface area (Å²) in [5.74, 6) is 0.679. The number of hydroxylamine groups is 1. The molecule has 2 rings (SSSR count). The Hall–Kier alpha value is -0.900. The van der Waals surface area contributed by atoms with Gasteiger partial charge in [-0.2, -0.15) is 5.48 Å². The van der Waals surface area contributed by atoms with Crippen molar-refractivity contribution in [2.75, 3.05) is 20.3 Å². The van der Waals surface area contributed by atoms with E-state index in [-0.39, 0.29) is 0 Å². The van der Waals surface area contributed by atoms with Crippen LogP contribution < -0.4 is 5.48 Å². The number of methoxy groups -OCH3 is 1. The quantitative estimate of drug-likeness (QED) is 0.603. The Kier molecular flexibility index (Phi) is 6.34. The van der Waals surface area contributed by atoms with Crippen LogP contribution >= 0.6 is 0 Å². The first-order chi connectivity index (χ1) is 9.42. The Balaban J connectivity index is 1.96. The molecule has 1 atom stereocenters. The Bertz CT molecular complexity index is 336. The summed E-state index contributed by atoms with van der Waals surface area (Å²) in [4.78, 5) is 5.57. The second-order valence-corrected chi connectivity index (χ2v) is 5.25. The minimum atomic E-state index is 0.304. The summed E-state index contributed by atoms with van der Waals surface area (Å²) < 4.78 is 5.01. The Morgan fingerprint density at radius 3 is 2.53 bits per heavy atom. The van der Waals surface area contributed by atoms with E-state index in [0.29, 0.717) is 25.2 Å². The van der Waals surface area contributed by atoms with Crippen molar-refractivity contribution in [2.24, 2.45) is 5.92 Å². The van der Waals surface area contributed by atoms with Gasteiger partial charge in [0.1, 0.15) is 0 Å². The van der Waals surface area contributed by atoms with Crippen molar-refractivity contribution in [2.45, 2.75) is 38.1 Å². The molecule has 1 aromatic rings. The van der Waals surface area contributed by atoms with Gasteiger partial charge in [-0.15, -0.1) is 0 Å². The molecule has 3 heteroatoms. The van der Waals surface area contributed by atoms with Crippen molar-refractivity contribution in [3.05, 3.63) is 35.9 Å². The molecule has 0 spiro atoms. The molecule has 0 radical (unpaired) electrons. The smallest absolute Gasteiger partial charge is 0.0916 e. The zero-order valence-electron chi connectivity index (χ0n) is 11.8. The van der Waals surface area contributed by atoms with E-state index in [1.54, 1.807) is 7.11 Å². The zero-order chi connectivity index (χ0) is 13.3. The van der Waals surface area contributed by atoms with Crippen LogP contribution in [0.25, 0.3) is 0 Å². The van der Waals surface area contributed by atoms with Gasteiger partial charge in [0, 0.05) is 7.11 Å². The topological polar surface area (TPSA) is 30.5 Å². The minimum Gasteiger partial charge on any atom is -0.382 e. The van der Waals surface area contributed by atoms with Crippen LogP contribution in [-0.2, 0) is 9.57 Å². The van der Waals surface area contributed by atoms with Crippen LogP contribution in [0.1, 0.15) is 43.7 Å². The second kappa shape index (κ2) is 8.31. The van der Waals surface area contributed by atoms with Crippen molar-refractivity contribution in [3.63, 3.8) is 0 Å². The summed E-state index contributed by atoms with van der Waals surface area (Å²) in [7, 11) is 1.69. The van der Waals surface area contributed by atoms with Gasteiger partial charge in [0.15, 0.2) is 0 Å². The van der Waals surface area contributed by atoms with Crippen molar-refractivity contribution < 1.29 is 9.57 Å². The van der Waals surface area contributed by atoms with Gasteiger partial charge in [0.2, 0.25) is 0 Å². The second-order valence-electron chi connectivity index (χ2n) is 5.25. The maximum Gasteiger partial charge on any atom is 0.0916 e. The van der Waals surface area contributed by atoms with Crippen molar-refractivity contribution in [1.29, 1.82) is 0 Å². The van der Waals surface area contributed by atoms with Crippen LogP contribution in [-0.4, -0.2) is 20.3 Å². The number of hydrogen-bond donors (Lipinski definition) is 1. The molecule has 0 aliphatic heterocycles. The highest BCUT2D eigenvalue weighted by atomic mass is 16.7. The van der Waals surface area contributed by atoms with Crippen LogP contribution in [0.5, 0.6) is 0 Å². The molecule has 1 aromatic carbocycles. The van der Waals surface area contributed by atoms with E-state index in [4.69, 9.17) is 9.57 Å². The van der Waals surface area contributed by atoms with Gasteiger partial charge in [-0.05, 0) is 24.3 Å². The van der Waals surface area contributed by atoms with Gasteiger partial charge >= 0.3 is 0 Å². The summed E-state index contributed by atoms with van der Waals surface area (Å²) in [6.45, 7) is 1.21. The molecule has 106 valence electrons. The normalized spacial score (nSPS) is 18.4. The first-order valence-electron chi connectivity index (χ1n) is 7.33. The highest BCUT2D eigenvalue weighted by Crippen LogP contribution is 2.34. The number of ether oxygens (including phenoxy) is 1. The molecule has 1 fully saturated rings. The Morgan fingerprint density at radius 2 is 1.84 bits per heavy atom. The van der Waals surface area contributed by atoms with E-state index in [9.17, 15) is 0 Å². The molecule has 1 aliphatic carbocycles. The van der Waals surface area contributed by atoms with Crippen LogP contribution in [0.4, 0.5) is 0 Å². The molecular weight excluding hydrogens is 238 g/mol. The third kappa shape index (κ3) is 4.60. The van der Waals surface area contributed by atoms with Crippen LogP contribution in [0.2, 0.25) is 0 Å². The van der Waals surface area contributed by atoms with Crippen LogP contribution in [0.3, 0.4) is 0 Å². The monoisotopic (exact) mass is 263 g/mol. The van der Waals surface area contributed by atoms with Crippen molar-refractivity contribution in [1.82, 2.24) is 5.48 Å². The number of rotatable bonds is 7. The van der Waals surface area contributed by atoms with Crippen LogP contribution in [0.15, 0.2) is 30.3 Å². The fourth-order valence-electron chi connectivity index (χ4n) is 2.84. The molecule has 19 heavy (non-hydrogen) atoms. The third-order valence-electron chi connectivity index (χ3n) is 3.88. The first-order valence-corrected chi connectivity index (χ1v) is 7.33. The molecule has 0 bridgehead atoms. The largest absolute Gasteiger partial charge is 0.382 e. The summed E-state index contributed by atoms with van der Waals surface area (Å²) in [5, 5.41) is 0. The molecular formula is C16H25NO2. The van der Waals surface area contributed by atoms with Gasteiger partial charge in [-0.25, -0.2) is 0 Å². The van der Waals surface area contributed by atoms with Gasteiger partial charge in [0.25, 0.3) is 0 Å². The number of nitrogens with one attached hydrogen (secondary N) is 1. The van der Waals surface area contributed by atoms with E-state index in [1.807, 2.05) is 0 Å². The molecule has 1 saturated carbocycles. The lowest BCUT2D eigenvalue weighted by Crippen LogP contribution is -2.30. The Morgan fingerprint density at radius 1 is 1.11 bits per heavy atom. The molecule has 1 N–H and O–H groups in total. The van der Waals surface area contributed by atoms with E-state index < -0.39 is 0 Å². The lowest BCUT2D eigenvalue weighted by atomic mass is 9.81. The van der Waals surface area contributed by atoms with E-state index in [0.717, 1.165) is 0 Å². The zero-order valence-corrected chi connectivity index (χ0v) is 11.8. The molecule has 3 nitrogen and oxygen atoms in total. The predicted molar refractivity (Wildman–Crippen MR) is 76.7 cm³/mol.